The molecule has 3 N–H and O–H groups in total. The van der Waals surface area contributed by atoms with Crippen LogP contribution in [0.15, 0.2) is 48.5 Å². The minimum Gasteiger partial charge on any atom is -0.480 e. The lowest BCUT2D eigenvalue weighted by Crippen LogP contribution is -2.59. The van der Waals surface area contributed by atoms with E-state index >= 15 is 0 Å². The number of ether oxygens (including phenoxy) is 1. The van der Waals surface area contributed by atoms with E-state index in [2.05, 4.69) is 22.8 Å². The molecule has 186 valence electrons. The van der Waals surface area contributed by atoms with Crippen LogP contribution >= 0.6 is 0 Å². The van der Waals surface area contributed by atoms with E-state index in [4.69, 9.17) is 4.74 Å². The highest BCUT2D eigenvalue weighted by molar-refractivity contribution is 5.91. The first-order valence-corrected chi connectivity index (χ1v) is 12.6. The van der Waals surface area contributed by atoms with Gasteiger partial charge in [-0.2, -0.15) is 0 Å². The van der Waals surface area contributed by atoms with Crippen molar-refractivity contribution in [3.63, 3.8) is 0 Å². The number of carbonyl (C=O) groups excluding carboxylic acids is 2. The highest BCUT2D eigenvalue weighted by atomic mass is 16.5. The zero-order valence-electron chi connectivity index (χ0n) is 20.2. The number of rotatable bonds is 8. The summed E-state index contributed by atoms with van der Waals surface area (Å²) < 4.78 is 5.60. The zero-order valence-corrected chi connectivity index (χ0v) is 20.2. The van der Waals surface area contributed by atoms with Crippen LogP contribution < -0.4 is 10.6 Å². The van der Waals surface area contributed by atoms with Crippen LogP contribution in [0.3, 0.4) is 0 Å². The van der Waals surface area contributed by atoms with Crippen LogP contribution in [-0.2, 0) is 14.3 Å². The number of hydrogen-bond acceptors (Lipinski definition) is 4. The second-order valence-corrected chi connectivity index (χ2v) is 9.60. The number of nitrogens with one attached hydrogen (secondary N) is 2. The molecule has 4 rings (SSSR count). The molecule has 0 unspecified atom stereocenters. The van der Waals surface area contributed by atoms with Crippen LogP contribution in [0.25, 0.3) is 11.1 Å². The van der Waals surface area contributed by atoms with Crippen LogP contribution in [-0.4, -0.2) is 41.3 Å². The van der Waals surface area contributed by atoms with Gasteiger partial charge in [-0.05, 0) is 41.5 Å². The molecule has 1 atom stereocenters. The molecule has 0 spiro atoms. The number of carboxylic acid groups (broad SMARTS) is 1. The van der Waals surface area contributed by atoms with Gasteiger partial charge in [0, 0.05) is 5.92 Å². The van der Waals surface area contributed by atoms with Crippen LogP contribution in [0.2, 0.25) is 0 Å². The van der Waals surface area contributed by atoms with E-state index in [1.807, 2.05) is 43.3 Å². The van der Waals surface area contributed by atoms with Gasteiger partial charge in [-0.15, -0.1) is 0 Å². The SMILES string of the molecule is CCC[C@@H](NC(=O)OCC1c2ccccc2-c2ccccc21)C(=O)NC1(C(=O)O)CCCCCC1. The smallest absolute Gasteiger partial charge is 0.407 e. The summed E-state index contributed by atoms with van der Waals surface area (Å²) in [6, 6.07) is 15.3. The molecule has 1 saturated carbocycles. The Morgan fingerprint density at radius 2 is 1.54 bits per heavy atom. The molecule has 7 heteroatoms. The molecule has 0 aromatic heterocycles. The van der Waals surface area contributed by atoms with E-state index in [-0.39, 0.29) is 12.5 Å². The quantitative estimate of drug-likeness (QED) is 0.464. The van der Waals surface area contributed by atoms with Crippen molar-refractivity contribution in [1.82, 2.24) is 10.6 Å². The van der Waals surface area contributed by atoms with Crippen molar-refractivity contribution < 1.29 is 24.2 Å². The number of alkyl carbamates (subject to hydrolysis) is 1. The Balaban J connectivity index is 1.41. The minimum atomic E-state index is -1.28. The number of carboxylic acids is 1. The van der Waals surface area contributed by atoms with Gasteiger partial charge >= 0.3 is 12.1 Å². The Hall–Kier alpha value is -3.35. The van der Waals surface area contributed by atoms with Crippen LogP contribution in [0.1, 0.15) is 75.3 Å². The van der Waals surface area contributed by atoms with Crippen LogP contribution in [0.5, 0.6) is 0 Å². The highest BCUT2D eigenvalue weighted by Crippen LogP contribution is 2.44. The number of fused-ring (bicyclic) bond motifs is 3. The first kappa shape index (κ1) is 24.8. The maximum absolute atomic E-state index is 13.1. The van der Waals surface area contributed by atoms with Gasteiger partial charge < -0.3 is 20.5 Å². The van der Waals surface area contributed by atoms with Gasteiger partial charge in [-0.1, -0.05) is 87.6 Å². The van der Waals surface area contributed by atoms with E-state index in [9.17, 15) is 19.5 Å². The average Bonchev–Trinajstić information content (AvgIpc) is 2.98. The molecule has 2 aliphatic rings. The first-order chi connectivity index (χ1) is 16.9. The molecular formula is C28H34N2O5. The summed E-state index contributed by atoms with van der Waals surface area (Å²) in [6.45, 7) is 2.07. The molecular weight excluding hydrogens is 444 g/mol. The lowest BCUT2D eigenvalue weighted by Gasteiger charge is -2.31. The molecule has 0 heterocycles. The van der Waals surface area contributed by atoms with E-state index in [0.717, 1.165) is 47.9 Å². The van der Waals surface area contributed by atoms with E-state index in [1.165, 1.54) is 0 Å². The van der Waals surface area contributed by atoms with Crippen molar-refractivity contribution in [2.75, 3.05) is 6.61 Å². The third-order valence-electron chi connectivity index (χ3n) is 7.26. The summed E-state index contributed by atoms with van der Waals surface area (Å²) in [4.78, 5) is 37.9. The molecule has 35 heavy (non-hydrogen) atoms. The lowest BCUT2D eigenvalue weighted by molar-refractivity contribution is -0.148. The Bertz CT molecular complexity index is 1030. The van der Waals surface area contributed by atoms with Crippen molar-refractivity contribution in [3.8, 4) is 11.1 Å². The summed E-state index contributed by atoms with van der Waals surface area (Å²) in [5.74, 6) is -1.55. The van der Waals surface area contributed by atoms with E-state index in [1.54, 1.807) is 0 Å². The second kappa shape index (κ2) is 10.9. The Labute approximate surface area is 206 Å². The molecule has 0 saturated heterocycles. The zero-order chi connectivity index (χ0) is 24.8. The number of hydrogen-bond donors (Lipinski definition) is 3. The van der Waals surface area contributed by atoms with Crippen molar-refractivity contribution in [3.05, 3.63) is 59.7 Å². The lowest BCUT2D eigenvalue weighted by atomic mass is 9.89. The van der Waals surface area contributed by atoms with Gasteiger partial charge in [0.05, 0.1) is 0 Å². The van der Waals surface area contributed by atoms with Crippen molar-refractivity contribution >= 4 is 18.0 Å². The fraction of sp³-hybridized carbons (Fsp3) is 0.464. The summed E-state index contributed by atoms with van der Waals surface area (Å²) in [7, 11) is 0. The average molecular weight is 479 g/mol. The summed E-state index contributed by atoms with van der Waals surface area (Å²) in [6.07, 6.45) is 4.60. The third-order valence-corrected chi connectivity index (χ3v) is 7.26. The molecule has 2 amide bonds. The monoisotopic (exact) mass is 478 g/mol. The van der Waals surface area contributed by atoms with E-state index < -0.39 is 29.6 Å². The standard InChI is InChI=1S/C28H34N2O5/c1-2-11-24(25(31)30-28(26(32)33)16-9-3-4-10-17-28)29-27(34)35-18-23-21-14-7-5-12-19(21)20-13-6-8-15-22(20)23/h5-8,12-15,23-24H,2-4,9-11,16-18H2,1H3,(H,29,34)(H,30,31)(H,32,33)/t24-/m1/s1. The van der Waals surface area contributed by atoms with E-state index in [0.29, 0.717) is 25.7 Å². The molecule has 2 aliphatic carbocycles. The van der Waals surface area contributed by atoms with Crippen molar-refractivity contribution in [2.24, 2.45) is 0 Å². The maximum Gasteiger partial charge on any atom is 0.407 e. The summed E-state index contributed by atoms with van der Waals surface area (Å²) in [5.41, 5.74) is 3.23. The molecule has 0 bridgehead atoms. The van der Waals surface area contributed by atoms with Crippen molar-refractivity contribution in [2.45, 2.75) is 75.8 Å². The van der Waals surface area contributed by atoms with Gasteiger partial charge in [-0.25, -0.2) is 9.59 Å². The molecule has 2 aromatic rings. The molecule has 1 fully saturated rings. The second-order valence-electron chi connectivity index (χ2n) is 9.60. The van der Waals surface area contributed by atoms with Crippen LogP contribution in [0.4, 0.5) is 4.79 Å². The van der Waals surface area contributed by atoms with Gasteiger partial charge in [0.2, 0.25) is 5.91 Å². The number of aliphatic carboxylic acids is 1. The maximum atomic E-state index is 13.1. The number of amides is 2. The third kappa shape index (κ3) is 5.34. The summed E-state index contributed by atoms with van der Waals surface area (Å²) >= 11 is 0. The summed E-state index contributed by atoms with van der Waals surface area (Å²) in [5, 5.41) is 15.4. The topological polar surface area (TPSA) is 105 Å². The normalized spacial score (nSPS) is 17.4. The molecule has 0 aliphatic heterocycles. The fourth-order valence-electron chi connectivity index (χ4n) is 5.39. The van der Waals surface area contributed by atoms with Gasteiger partial charge in [-0.3, -0.25) is 4.79 Å². The fourth-order valence-corrected chi connectivity index (χ4v) is 5.39. The van der Waals surface area contributed by atoms with Gasteiger partial charge in [0.1, 0.15) is 18.2 Å². The predicted octanol–water partition coefficient (Wildman–Crippen LogP) is 4.99. The van der Waals surface area contributed by atoms with Gasteiger partial charge in [0.25, 0.3) is 0 Å². The van der Waals surface area contributed by atoms with Gasteiger partial charge in [0.15, 0.2) is 0 Å². The Morgan fingerprint density at radius 1 is 0.971 bits per heavy atom. The van der Waals surface area contributed by atoms with Crippen molar-refractivity contribution in [1.29, 1.82) is 0 Å². The number of carbonyl (C=O) groups is 3. The molecule has 0 radical (unpaired) electrons. The molecule has 2 aromatic carbocycles. The Morgan fingerprint density at radius 3 is 2.09 bits per heavy atom. The predicted molar refractivity (Wildman–Crippen MR) is 133 cm³/mol. The van der Waals surface area contributed by atoms with Crippen LogP contribution in [0, 0.1) is 0 Å². The largest absolute Gasteiger partial charge is 0.480 e. The number of benzene rings is 2. The first-order valence-electron chi connectivity index (χ1n) is 12.6. The minimum absolute atomic E-state index is 0.0760. The molecule has 7 nitrogen and oxygen atoms in total. The Kier molecular flexibility index (Phi) is 7.73. The highest BCUT2D eigenvalue weighted by Gasteiger charge is 2.41.